The molecule has 1 atom stereocenters. The van der Waals surface area contributed by atoms with E-state index in [0.717, 1.165) is 36.3 Å². The monoisotopic (exact) mass is 264 g/mol. The van der Waals surface area contributed by atoms with E-state index in [1.165, 1.54) is 0 Å². The zero-order chi connectivity index (χ0) is 13.7. The second-order valence-corrected chi connectivity index (χ2v) is 4.59. The summed E-state index contributed by atoms with van der Waals surface area (Å²) >= 11 is 0. The van der Waals surface area contributed by atoms with Crippen molar-refractivity contribution in [3.63, 3.8) is 0 Å². The fraction of sp³-hybridized carbons (Fsp3) is 0.533. The van der Waals surface area contributed by atoms with Crippen LogP contribution in [0, 0.1) is 0 Å². The van der Waals surface area contributed by atoms with Crippen molar-refractivity contribution in [3.8, 4) is 11.5 Å². The van der Waals surface area contributed by atoms with Gasteiger partial charge in [-0.25, -0.2) is 0 Å². The quantitative estimate of drug-likeness (QED) is 0.736. The zero-order valence-electron chi connectivity index (χ0n) is 11.5. The number of esters is 1. The first-order valence-electron chi connectivity index (χ1n) is 6.83. The van der Waals surface area contributed by atoms with Gasteiger partial charge in [-0.1, -0.05) is 26.3 Å². The standard InChI is InChI=1S/C15H20O4/c1-3-5-6-12(19-15(16)4-2)11-7-8-13-14(9-11)18-10-17-13/h7-9,12H,3-6,10H2,1-2H3. The minimum atomic E-state index is -0.193. The highest BCUT2D eigenvalue weighted by Crippen LogP contribution is 2.36. The molecule has 0 aliphatic carbocycles. The lowest BCUT2D eigenvalue weighted by atomic mass is 10.0. The lowest BCUT2D eigenvalue weighted by Crippen LogP contribution is -2.10. The van der Waals surface area contributed by atoms with Gasteiger partial charge in [0.15, 0.2) is 11.5 Å². The number of fused-ring (bicyclic) bond motifs is 1. The summed E-state index contributed by atoms with van der Waals surface area (Å²) in [5, 5.41) is 0. The number of hydrogen-bond donors (Lipinski definition) is 0. The Bertz CT molecular complexity index is 442. The third kappa shape index (κ3) is 3.40. The van der Waals surface area contributed by atoms with E-state index >= 15 is 0 Å². The number of rotatable bonds is 6. The van der Waals surface area contributed by atoms with E-state index in [1.807, 2.05) is 18.2 Å². The predicted molar refractivity (Wildman–Crippen MR) is 71.2 cm³/mol. The number of carbonyl (C=O) groups is 1. The van der Waals surface area contributed by atoms with Crippen molar-refractivity contribution in [3.05, 3.63) is 23.8 Å². The summed E-state index contributed by atoms with van der Waals surface area (Å²) in [6.45, 7) is 4.18. The van der Waals surface area contributed by atoms with Crippen molar-refractivity contribution in [1.82, 2.24) is 0 Å². The van der Waals surface area contributed by atoms with Crippen LogP contribution in [0.2, 0.25) is 0 Å². The normalized spacial score (nSPS) is 14.2. The third-order valence-electron chi connectivity index (χ3n) is 3.15. The maximum Gasteiger partial charge on any atom is 0.306 e. The summed E-state index contributed by atoms with van der Waals surface area (Å²) in [7, 11) is 0. The van der Waals surface area contributed by atoms with E-state index in [1.54, 1.807) is 6.92 Å². The van der Waals surface area contributed by atoms with Crippen molar-refractivity contribution in [2.75, 3.05) is 6.79 Å². The van der Waals surface area contributed by atoms with E-state index < -0.39 is 0 Å². The molecular formula is C15H20O4. The van der Waals surface area contributed by atoms with Crippen LogP contribution < -0.4 is 9.47 Å². The van der Waals surface area contributed by atoms with Crippen molar-refractivity contribution < 1.29 is 19.0 Å². The molecule has 1 unspecified atom stereocenters. The summed E-state index contributed by atoms with van der Waals surface area (Å²) in [5.41, 5.74) is 0.972. The van der Waals surface area contributed by atoms with Gasteiger partial charge in [0.1, 0.15) is 6.10 Å². The summed E-state index contributed by atoms with van der Waals surface area (Å²) in [5.74, 6) is 1.31. The highest BCUT2D eigenvalue weighted by Gasteiger charge is 2.20. The molecule has 0 aromatic heterocycles. The lowest BCUT2D eigenvalue weighted by Gasteiger charge is -2.18. The molecule has 1 heterocycles. The van der Waals surface area contributed by atoms with Gasteiger partial charge in [0.25, 0.3) is 0 Å². The number of ether oxygens (including phenoxy) is 3. The Balaban J connectivity index is 2.14. The lowest BCUT2D eigenvalue weighted by molar-refractivity contribution is -0.149. The SMILES string of the molecule is CCCCC(OC(=O)CC)c1ccc2c(c1)OCO2. The molecule has 0 N–H and O–H groups in total. The van der Waals surface area contributed by atoms with Gasteiger partial charge in [0, 0.05) is 6.42 Å². The molecule has 1 aromatic rings. The minimum absolute atomic E-state index is 0.168. The van der Waals surface area contributed by atoms with Crippen molar-refractivity contribution in [2.45, 2.75) is 45.6 Å². The van der Waals surface area contributed by atoms with Gasteiger partial charge < -0.3 is 14.2 Å². The molecule has 0 amide bonds. The Morgan fingerprint density at radius 2 is 2.11 bits per heavy atom. The third-order valence-corrected chi connectivity index (χ3v) is 3.15. The van der Waals surface area contributed by atoms with Crippen LogP contribution in [0.5, 0.6) is 11.5 Å². The van der Waals surface area contributed by atoms with Gasteiger partial charge in [0.2, 0.25) is 6.79 Å². The number of hydrogen-bond acceptors (Lipinski definition) is 4. The number of benzene rings is 1. The van der Waals surface area contributed by atoms with E-state index in [2.05, 4.69) is 6.92 Å². The maximum absolute atomic E-state index is 11.5. The van der Waals surface area contributed by atoms with Crippen LogP contribution in [0.15, 0.2) is 18.2 Å². The number of carbonyl (C=O) groups excluding carboxylic acids is 1. The van der Waals surface area contributed by atoms with E-state index in [-0.39, 0.29) is 18.9 Å². The average molecular weight is 264 g/mol. The molecule has 19 heavy (non-hydrogen) atoms. The van der Waals surface area contributed by atoms with Crippen LogP contribution in [-0.4, -0.2) is 12.8 Å². The Labute approximate surface area is 113 Å². The van der Waals surface area contributed by atoms with Crippen LogP contribution in [0.1, 0.15) is 51.2 Å². The van der Waals surface area contributed by atoms with Gasteiger partial charge in [-0.15, -0.1) is 0 Å². The molecule has 0 fully saturated rings. The fourth-order valence-corrected chi connectivity index (χ4v) is 2.04. The van der Waals surface area contributed by atoms with E-state index in [9.17, 15) is 4.79 Å². The molecule has 1 aromatic carbocycles. The first-order chi connectivity index (χ1) is 9.24. The predicted octanol–water partition coefficient (Wildman–Crippen LogP) is 3.60. The van der Waals surface area contributed by atoms with Crippen LogP contribution in [0.25, 0.3) is 0 Å². The highest BCUT2D eigenvalue weighted by atomic mass is 16.7. The van der Waals surface area contributed by atoms with E-state index in [4.69, 9.17) is 14.2 Å². The molecule has 1 aliphatic heterocycles. The molecule has 0 bridgehead atoms. The van der Waals surface area contributed by atoms with E-state index in [0.29, 0.717) is 6.42 Å². The van der Waals surface area contributed by atoms with Gasteiger partial charge in [-0.05, 0) is 30.5 Å². The molecule has 4 heteroatoms. The van der Waals surface area contributed by atoms with Gasteiger partial charge in [0.05, 0.1) is 0 Å². The van der Waals surface area contributed by atoms with Crippen LogP contribution in [0.3, 0.4) is 0 Å². The molecule has 1 aliphatic rings. The molecule has 0 saturated carbocycles. The molecule has 0 radical (unpaired) electrons. The number of unbranched alkanes of at least 4 members (excludes halogenated alkanes) is 1. The molecular weight excluding hydrogens is 244 g/mol. The average Bonchev–Trinajstić information content (AvgIpc) is 2.90. The van der Waals surface area contributed by atoms with Crippen LogP contribution in [-0.2, 0) is 9.53 Å². The molecule has 104 valence electrons. The Morgan fingerprint density at radius 1 is 1.32 bits per heavy atom. The minimum Gasteiger partial charge on any atom is -0.457 e. The maximum atomic E-state index is 11.5. The van der Waals surface area contributed by atoms with Crippen molar-refractivity contribution in [2.24, 2.45) is 0 Å². The van der Waals surface area contributed by atoms with Crippen LogP contribution >= 0.6 is 0 Å². The Morgan fingerprint density at radius 3 is 2.84 bits per heavy atom. The van der Waals surface area contributed by atoms with Crippen LogP contribution in [0.4, 0.5) is 0 Å². The summed E-state index contributed by atoms with van der Waals surface area (Å²) < 4.78 is 16.2. The first kappa shape index (κ1) is 13.7. The van der Waals surface area contributed by atoms with Gasteiger partial charge in [-0.2, -0.15) is 0 Å². The largest absolute Gasteiger partial charge is 0.457 e. The molecule has 0 saturated heterocycles. The molecule has 2 rings (SSSR count). The Kier molecular flexibility index (Phi) is 4.66. The van der Waals surface area contributed by atoms with Gasteiger partial charge >= 0.3 is 5.97 Å². The summed E-state index contributed by atoms with van der Waals surface area (Å²) in [4.78, 5) is 11.5. The topological polar surface area (TPSA) is 44.8 Å². The Hall–Kier alpha value is -1.71. The summed E-state index contributed by atoms with van der Waals surface area (Å²) in [6, 6.07) is 5.72. The first-order valence-corrected chi connectivity index (χ1v) is 6.83. The molecule has 4 nitrogen and oxygen atoms in total. The molecule has 0 spiro atoms. The smallest absolute Gasteiger partial charge is 0.306 e. The zero-order valence-corrected chi connectivity index (χ0v) is 11.5. The van der Waals surface area contributed by atoms with Gasteiger partial charge in [-0.3, -0.25) is 4.79 Å². The van der Waals surface area contributed by atoms with Crippen molar-refractivity contribution in [1.29, 1.82) is 0 Å². The second-order valence-electron chi connectivity index (χ2n) is 4.59. The fourth-order valence-electron chi connectivity index (χ4n) is 2.04. The summed E-state index contributed by atoms with van der Waals surface area (Å²) in [6.07, 6.45) is 3.14. The highest BCUT2D eigenvalue weighted by molar-refractivity contribution is 5.69. The second kappa shape index (κ2) is 6.45. The van der Waals surface area contributed by atoms with Crippen molar-refractivity contribution >= 4 is 5.97 Å².